The molecular formula is C16H26N2S. The van der Waals surface area contributed by atoms with Crippen molar-refractivity contribution < 1.29 is 0 Å². The highest BCUT2D eigenvalue weighted by atomic mass is 32.1. The van der Waals surface area contributed by atoms with Crippen molar-refractivity contribution in [2.75, 3.05) is 13.1 Å². The first-order chi connectivity index (χ1) is 9.31. The first kappa shape index (κ1) is 13.6. The zero-order valence-corrected chi connectivity index (χ0v) is 12.8. The summed E-state index contributed by atoms with van der Waals surface area (Å²) in [5.41, 5.74) is 7.57. The van der Waals surface area contributed by atoms with E-state index in [1.165, 1.54) is 55.5 Å². The fourth-order valence-electron chi connectivity index (χ4n) is 4.17. The molecule has 2 atom stereocenters. The number of nitrogens with zero attached hydrogens (tertiary/aromatic N) is 1. The van der Waals surface area contributed by atoms with Crippen LogP contribution in [-0.2, 0) is 0 Å². The van der Waals surface area contributed by atoms with Gasteiger partial charge in [0.1, 0.15) is 0 Å². The third kappa shape index (κ3) is 2.61. The van der Waals surface area contributed by atoms with Crippen LogP contribution in [0.2, 0.25) is 0 Å². The van der Waals surface area contributed by atoms with E-state index in [-0.39, 0.29) is 0 Å². The summed E-state index contributed by atoms with van der Waals surface area (Å²) >= 11 is 1.89. The number of hydrogen-bond donors (Lipinski definition) is 1. The van der Waals surface area contributed by atoms with E-state index in [0.29, 0.717) is 6.04 Å². The summed E-state index contributed by atoms with van der Waals surface area (Å²) in [6.07, 6.45) is 8.54. The number of aryl methyl sites for hydroxylation is 1. The Morgan fingerprint density at radius 3 is 2.74 bits per heavy atom. The van der Waals surface area contributed by atoms with Gasteiger partial charge in [-0.15, -0.1) is 11.3 Å². The van der Waals surface area contributed by atoms with Crippen LogP contribution in [0.4, 0.5) is 0 Å². The number of hydrogen-bond acceptors (Lipinski definition) is 3. The Labute approximate surface area is 121 Å². The summed E-state index contributed by atoms with van der Waals surface area (Å²) in [6, 6.07) is 3.51. The normalized spacial score (nSPS) is 27.2. The maximum atomic E-state index is 6.14. The van der Waals surface area contributed by atoms with Crippen molar-refractivity contribution in [3.05, 3.63) is 21.9 Å². The molecule has 0 aromatic carbocycles. The second-order valence-corrected chi connectivity index (χ2v) is 7.16. The van der Waals surface area contributed by atoms with Crippen LogP contribution >= 0.6 is 11.3 Å². The molecule has 1 aromatic rings. The number of likely N-dealkylation sites (tertiary alicyclic amines) is 1. The van der Waals surface area contributed by atoms with Crippen molar-refractivity contribution in [2.45, 2.75) is 57.5 Å². The summed E-state index contributed by atoms with van der Waals surface area (Å²) in [5, 5.41) is 2.22. The minimum Gasteiger partial charge on any atom is -0.329 e. The average Bonchev–Trinajstić information content (AvgIpc) is 3.11. The van der Waals surface area contributed by atoms with E-state index in [1.807, 2.05) is 11.3 Å². The molecule has 2 unspecified atom stereocenters. The molecule has 3 rings (SSSR count). The van der Waals surface area contributed by atoms with Gasteiger partial charge in [-0.1, -0.05) is 12.8 Å². The Bertz CT molecular complexity index is 409. The molecule has 2 fully saturated rings. The van der Waals surface area contributed by atoms with Gasteiger partial charge in [0.25, 0.3) is 0 Å². The van der Waals surface area contributed by atoms with Crippen LogP contribution in [0, 0.1) is 12.8 Å². The van der Waals surface area contributed by atoms with Gasteiger partial charge in [0.05, 0.1) is 6.04 Å². The summed E-state index contributed by atoms with van der Waals surface area (Å²) in [4.78, 5) is 4.25. The van der Waals surface area contributed by atoms with Crippen molar-refractivity contribution >= 4 is 11.3 Å². The van der Waals surface area contributed by atoms with Crippen molar-refractivity contribution in [3.8, 4) is 0 Å². The van der Waals surface area contributed by atoms with Gasteiger partial charge in [-0.2, -0.15) is 0 Å². The lowest BCUT2D eigenvalue weighted by atomic mass is 9.94. The molecule has 2 heterocycles. The standard InChI is InChI=1S/C16H26N2S/c1-12-8-10-19-16(12)15(11-17)18-9-4-7-14(18)13-5-2-3-6-13/h8,10,13-15H,2-7,9,11,17H2,1H3. The van der Waals surface area contributed by atoms with Crippen LogP contribution in [0.25, 0.3) is 0 Å². The van der Waals surface area contributed by atoms with Gasteiger partial charge in [-0.25, -0.2) is 0 Å². The second kappa shape index (κ2) is 5.94. The van der Waals surface area contributed by atoms with E-state index in [1.54, 1.807) is 0 Å². The Morgan fingerprint density at radius 1 is 1.32 bits per heavy atom. The van der Waals surface area contributed by atoms with E-state index in [9.17, 15) is 0 Å². The molecule has 0 radical (unpaired) electrons. The monoisotopic (exact) mass is 278 g/mol. The number of rotatable bonds is 4. The minimum atomic E-state index is 0.466. The van der Waals surface area contributed by atoms with E-state index in [0.717, 1.165) is 18.5 Å². The van der Waals surface area contributed by atoms with Gasteiger partial charge in [0.2, 0.25) is 0 Å². The van der Waals surface area contributed by atoms with Gasteiger partial charge in [-0.05, 0) is 62.1 Å². The predicted octanol–water partition coefficient (Wildman–Crippen LogP) is 3.71. The fourth-order valence-corrected chi connectivity index (χ4v) is 5.23. The van der Waals surface area contributed by atoms with Gasteiger partial charge in [-0.3, -0.25) is 4.90 Å². The topological polar surface area (TPSA) is 29.3 Å². The van der Waals surface area contributed by atoms with Crippen LogP contribution in [-0.4, -0.2) is 24.0 Å². The highest BCUT2D eigenvalue weighted by Crippen LogP contribution is 2.40. The highest BCUT2D eigenvalue weighted by molar-refractivity contribution is 7.10. The van der Waals surface area contributed by atoms with Crippen LogP contribution < -0.4 is 5.73 Å². The largest absolute Gasteiger partial charge is 0.329 e. The van der Waals surface area contributed by atoms with Gasteiger partial charge < -0.3 is 5.73 Å². The molecule has 2 aliphatic rings. The van der Waals surface area contributed by atoms with E-state index in [4.69, 9.17) is 5.73 Å². The average molecular weight is 278 g/mol. The Hall–Kier alpha value is -0.380. The highest BCUT2D eigenvalue weighted by Gasteiger charge is 2.37. The number of thiophene rings is 1. The molecule has 1 aliphatic carbocycles. The first-order valence-electron chi connectivity index (χ1n) is 7.81. The molecule has 1 saturated heterocycles. The Morgan fingerprint density at radius 2 is 2.11 bits per heavy atom. The molecule has 0 spiro atoms. The van der Waals surface area contributed by atoms with Crippen molar-refractivity contribution in [2.24, 2.45) is 11.7 Å². The van der Waals surface area contributed by atoms with Gasteiger partial charge >= 0.3 is 0 Å². The molecule has 3 heteroatoms. The quantitative estimate of drug-likeness (QED) is 0.909. The fraction of sp³-hybridized carbons (Fsp3) is 0.750. The summed E-state index contributed by atoms with van der Waals surface area (Å²) < 4.78 is 0. The molecular weight excluding hydrogens is 252 g/mol. The van der Waals surface area contributed by atoms with E-state index >= 15 is 0 Å². The van der Waals surface area contributed by atoms with Crippen molar-refractivity contribution in [1.82, 2.24) is 4.90 Å². The summed E-state index contributed by atoms with van der Waals surface area (Å²) in [7, 11) is 0. The molecule has 1 aromatic heterocycles. The molecule has 19 heavy (non-hydrogen) atoms. The second-order valence-electron chi connectivity index (χ2n) is 6.21. The third-order valence-corrected chi connectivity index (χ3v) is 6.23. The van der Waals surface area contributed by atoms with Crippen LogP contribution in [0.3, 0.4) is 0 Å². The predicted molar refractivity (Wildman–Crippen MR) is 82.5 cm³/mol. The lowest BCUT2D eigenvalue weighted by Crippen LogP contribution is -2.40. The van der Waals surface area contributed by atoms with Crippen molar-refractivity contribution in [3.63, 3.8) is 0 Å². The smallest absolute Gasteiger partial charge is 0.0569 e. The third-order valence-electron chi connectivity index (χ3n) is 5.11. The summed E-state index contributed by atoms with van der Waals surface area (Å²) in [5.74, 6) is 0.941. The molecule has 1 aliphatic heterocycles. The molecule has 2 nitrogen and oxygen atoms in total. The lowest BCUT2D eigenvalue weighted by molar-refractivity contribution is 0.140. The van der Waals surface area contributed by atoms with Gasteiger partial charge in [0.15, 0.2) is 0 Å². The van der Waals surface area contributed by atoms with E-state index in [2.05, 4.69) is 23.3 Å². The van der Waals surface area contributed by atoms with Crippen LogP contribution in [0.5, 0.6) is 0 Å². The first-order valence-corrected chi connectivity index (χ1v) is 8.69. The zero-order chi connectivity index (χ0) is 13.2. The van der Waals surface area contributed by atoms with Crippen LogP contribution in [0.15, 0.2) is 11.4 Å². The maximum absolute atomic E-state index is 6.14. The maximum Gasteiger partial charge on any atom is 0.0569 e. The van der Waals surface area contributed by atoms with E-state index < -0.39 is 0 Å². The molecule has 2 N–H and O–H groups in total. The van der Waals surface area contributed by atoms with Gasteiger partial charge in [0, 0.05) is 17.5 Å². The SMILES string of the molecule is Cc1ccsc1C(CN)N1CCCC1C1CCCC1. The number of nitrogens with two attached hydrogens (primary N) is 1. The van der Waals surface area contributed by atoms with Crippen LogP contribution in [0.1, 0.15) is 55.0 Å². The minimum absolute atomic E-state index is 0.466. The molecule has 106 valence electrons. The molecule has 0 amide bonds. The summed E-state index contributed by atoms with van der Waals surface area (Å²) in [6.45, 7) is 4.25. The van der Waals surface area contributed by atoms with Crippen molar-refractivity contribution in [1.29, 1.82) is 0 Å². The molecule has 0 bridgehead atoms. The lowest BCUT2D eigenvalue weighted by Gasteiger charge is -2.35. The zero-order valence-electron chi connectivity index (χ0n) is 12.0. The molecule has 1 saturated carbocycles. The Kier molecular flexibility index (Phi) is 4.25. The Balaban J connectivity index is 1.80.